The van der Waals surface area contributed by atoms with Crippen LogP contribution in [0.4, 0.5) is 13.2 Å². The third kappa shape index (κ3) is 3.76. The average Bonchev–Trinajstić information content (AvgIpc) is 3.21. The highest BCUT2D eigenvalue weighted by Crippen LogP contribution is 2.34. The molecule has 146 valence electrons. The van der Waals surface area contributed by atoms with Gasteiger partial charge in [0, 0.05) is 18.5 Å². The standard InChI is InChI=1S/C17H13F3N4O2S2/c1-3-6-24-15(26)10(14(25)21-16(24)27)7-9-4-5-12(28-9)11-8-13(17(18,19)20)22-23(11)2/h3-5,7-8H,1,6H2,2H3,(H,21,25,27)/b10-7+. The molecule has 3 rings (SSSR count). The topological polar surface area (TPSA) is 67.2 Å². The molecule has 28 heavy (non-hydrogen) atoms. The lowest BCUT2D eigenvalue weighted by molar-refractivity contribution is -0.141. The monoisotopic (exact) mass is 426 g/mol. The molecule has 3 heterocycles. The Bertz CT molecular complexity index is 1020. The summed E-state index contributed by atoms with van der Waals surface area (Å²) in [6, 6.07) is 4.16. The molecule has 11 heteroatoms. The molecule has 2 aromatic heterocycles. The molecule has 2 aromatic rings. The lowest BCUT2D eigenvalue weighted by atomic mass is 10.1. The van der Waals surface area contributed by atoms with E-state index in [9.17, 15) is 22.8 Å². The molecule has 1 saturated heterocycles. The maximum absolute atomic E-state index is 12.8. The number of halogens is 3. The van der Waals surface area contributed by atoms with Crippen LogP contribution in [0.2, 0.25) is 0 Å². The summed E-state index contributed by atoms with van der Waals surface area (Å²) in [4.78, 5) is 26.9. The molecule has 6 nitrogen and oxygen atoms in total. The molecule has 0 aliphatic carbocycles. The van der Waals surface area contributed by atoms with Crippen LogP contribution in [0.5, 0.6) is 0 Å². The number of thiophene rings is 1. The second-order valence-electron chi connectivity index (χ2n) is 5.76. The van der Waals surface area contributed by atoms with Gasteiger partial charge < -0.3 is 0 Å². The van der Waals surface area contributed by atoms with Gasteiger partial charge in [-0.25, -0.2) is 0 Å². The minimum Gasteiger partial charge on any atom is -0.298 e. The van der Waals surface area contributed by atoms with Gasteiger partial charge in [-0.15, -0.1) is 17.9 Å². The molecular weight excluding hydrogens is 413 g/mol. The van der Waals surface area contributed by atoms with E-state index in [0.717, 1.165) is 22.1 Å². The molecular formula is C17H13F3N4O2S2. The van der Waals surface area contributed by atoms with Gasteiger partial charge in [-0.2, -0.15) is 18.3 Å². The molecule has 1 fully saturated rings. The fourth-order valence-electron chi connectivity index (χ4n) is 2.54. The Morgan fingerprint density at radius 3 is 2.68 bits per heavy atom. The molecule has 0 aromatic carbocycles. The van der Waals surface area contributed by atoms with E-state index < -0.39 is 23.7 Å². The van der Waals surface area contributed by atoms with Crippen molar-refractivity contribution < 1.29 is 22.8 Å². The summed E-state index contributed by atoms with van der Waals surface area (Å²) in [5.41, 5.74) is -0.839. The Hall–Kier alpha value is -2.79. The number of alkyl halides is 3. The lowest BCUT2D eigenvalue weighted by Crippen LogP contribution is -2.53. The zero-order valence-corrected chi connectivity index (χ0v) is 16.0. The number of nitrogens with one attached hydrogen (secondary N) is 1. The fourth-order valence-corrected chi connectivity index (χ4v) is 3.78. The summed E-state index contributed by atoms with van der Waals surface area (Å²) in [5.74, 6) is -1.20. The highest BCUT2D eigenvalue weighted by Gasteiger charge is 2.35. The van der Waals surface area contributed by atoms with E-state index in [1.165, 1.54) is 24.1 Å². The highest BCUT2D eigenvalue weighted by molar-refractivity contribution is 7.80. The van der Waals surface area contributed by atoms with Gasteiger partial charge in [0.05, 0.1) is 10.6 Å². The first kappa shape index (κ1) is 20.0. The second kappa shape index (κ2) is 7.32. The quantitative estimate of drug-likeness (QED) is 0.353. The number of aryl methyl sites for hydroxylation is 1. The van der Waals surface area contributed by atoms with Crippen molar-refractivity contribution in [3.8, 4) is 10.6 Å². The minimum absolute atomic E-state index is 0.00603. The summed E-state index contributed by atoms with van der Waals surface area (Å²) < 4.78 is 39.7. The van der Waals surface area contributed by atoms with E-state index in [2.05, 4.69) is 17.0 Å². The van der Waals surface area contributed by atoms with E-state index in [0.29, 0.717) is 9.75 Å². The fraction of sp³-hybridized carbons (Fsp3) is 0.176. The maximum atomic E-state index is 12.8. The van der Waals surface area contributed by atoms with Crippen LogP contribution in [-0.4, -0.2) is 38.2 Å². The van der Waals surface area contributed by atoms with E-state index in [4.69, 9.17) is 12.2 Å². The van der Waals surface area contributed by atoms with E-state index in [1.807, 2.05) is 0 Å². The lowest BCUT2D eigenvalue weighted by Gasteiger charge is -2.27. The SMILES string of the molecule is C=CCN1C(=O)/C(=C/c2ccc(-c3cc(C(F)(F)F)nn3C)s2)C(=O)NC1=S. The number of carbonyl (C=O) groups excluding carboxylic acids is 2. The molecule has 0 saturated carbocycles. The predicted molar refractivity (Wildman–Crippen MR) is 102 cm³/mol. The number of rotatable bonds is 4. The summed E-state index contributed by atoms with van der Waals surface area (Å²) in [5, 5.41) is 5.90. The molecule has 1 N–H and O–H groups in total. The normalized spacial score (nSPS) is 16.6. The smallest absolute Gasteiger partial charge is 0.298 e. The largest absolute Gasteiger partial charge is 0.435 e. The first-order valence-corrected chi connectivity index (χ1v) is 9.05. The second-order valence-corrected chi connectivity index (χ2v) is 7.26. The number of hydrogen-bond acceptors (Lipinski definition) is 5. The summed E-state index contributed by atoms with van der Waals surface area (Å²) in [7, 11) is 1.41. The van der Waals surface area contributed by atoms with Gasteiger partial charge in [-0.3, -0.25) is 24.5 Å². The van der Waals surface area contributed by atoms with Crippen LogP contribution in [0.25, 0.3) is 16.6 Å². The van der Waals surface area contributed by atoms with Crippen molar-refractivity contribution in [2.75, 3.05) is 6.54 Å². The zero-order chi connectivity index (χ0) is 20.6. The van der Waals surface area contributed by atoms with Gasteiger partial charge >= 0.3 is 6.18 Å². The van der Waals surface area contributed by atoms with Crippen LogP contribution in [0.1, 0.15) is 10.6 Å². The first-order chi connectivity index (χ1) is 13.1. The molecule has 1 aliphatic heterocycles. The van der Waals surface area contributed by atoms with Gasteiger partial charge in [0.25, 0.3) is 11.8 Å². The number of thiocarbonyl (C=S) groups is 1. The van der Waals surface area contributed by atoms with E-state index in [-0.39, 0.29) is 22.9 Å². The van der Waals surface area contributed by atoms with Crippen molar-refractivity contribution in [3.05, 3.63) is 47.0 Å². The number of amides is 2. The molecule has 0 unspecified atom stereocenters. The van der Waals surface area contributed by atoms with E-state index >= 15 is 0 Å². The molecule has 0 spiro atoms. The van der Waals surface area contributed by atoms with Crippen molar-refractivity contribution >= 4 is 46.6 Å². The first-order valence-electron chi connectivity index (χ1n) is 7.83. The summed E-state index contributed by atoms with van der Waals surface area (Å²) >= 11 is 6.11. The number of nitrogens with zero attached hydrogens (tertiary/aromatic N) is 3. The molecule has 1 aliphatic rings. The van der Waals surface area contributed by atoms with Crippen molar-refractivity contribution in [1.82, 2.24) is 20.0 Å². The Balaban J connectivity index is 1.93. The minimum atomic E-state index is -4.54. The Kier molecular flexibility index (Phi) is 5.22. The van der Waals surface area contributed by atoms with Gasteiger partial charge in [-0.1, -0.05) is 6.08 Å². The predicted octanol–water partition coefficient (Wildman–Crippen LogP) is 2.98. The number of carbonyl (C=O) groups is 2. The molecule has 2 amide bonds. The van der Waals surface area contributed by atoms with Gasteiger partial charge in [0.1, 0.15) is 5.57 Å². The number of aromatic nitrogens is 2. The van der Waals surface area contributed by atoms with Crippen LogP contribution < -0.4 is 5.32 Å². The Labute approximate surface area is 166 Å². The zero-order valence-electron chi connectivity index (χ0n) is 14.4. The van der Waals surface area contributed by atoms with Gasteiger partial charge in [0.2, 0.25) is 0 Å². The van der Waals surface area contributed by atoms with Crippen LogP contribution in [0.15, 0.2) is 36.4 Å². The van der Waals surface area contributed by atoms with Crippen LogP contribution >= 0.6 is 23.6 Å². The number of hydrogen-bond donors (Lipinski definition) is 1. The Morgan fingerprint density at radius 2 is 2.07 bits per heavy atom. The molecule has 0 radical (unpaired) electrons. The molecule has 0 bridgehead atoms. The third-order valence-corrected chi connectivity index (χ3v) is 5.21. The van der Waals surface area contributed by atoms with Crippen molar-refractivity contribution in [1.29, 1.82) is 0 Å². The Morgan fingerprint density at radius 1 is 1.36 bits per heavy atom. The van der Waals surface area contributed by atoms with Gasteiger partial charge in [0.15, 0.2) is 10.8 Å². The van der Waals surface area contributed by atoms with Crippen LogP contribution in [-0.2, 0) is 22.8 Å². The maximum Gasteiger partial charge on any atom is 0.435 e. The van der Waals surface area contributed by atoms with Crippen molar-refractivity contribution in [3.63, 3.8) is 0 Å². The molecule has 0 atom stereocenters. The van der Waals surface area contributed by atoms with Crippen LogP contribution in [0.3, 0.4) is 0 Å². The summed E-state index contributed by atoms with van der Waals surface area (Å²) in [6.45, 7) is 3.68. The van der Waals surface area contributed by atoms with E-state index in [1.54, 1.807) is 12.1 Å². The van der Waals surface area contributed by atoms with Crippen LogP contribution in [0, 0.1) is 0 Å². The van der Waals surface area contributed by atoms with Crippen molar-refractivity contribution in [2.24, 2.45) is 7.05 Å². The average molecular weight is 426 g/mol. The highest BCUT2D eigenvalue weighted by atomic mass is 32.1. The summed E-state index contributed by atoms with van der Waals surface area (Å²) in [6.07, 6.45) is -1.69. The van der Waals surface area contributed by atoms with Crippen molar-refractivity contribution in [2.45, 2.75) is 6.18 Å². The third-order valence-electron chi connectivity index (χ3n) is 3.83. The van der Waals surface area contributed by atoms with Gasteiger partial charge in [-0.05, 0) is 36.5 Å².